The van der Waals surface area contributed by atoms with Crippen molar-refractivity contribution >= 4 is 15.8 Å². The van der Waals surface area contributed by atoms with E-state index in [1.54, 1.807) is 12.1 Å². The van der Waals surface area contributed by atoms with E-state index >= 15 is 0 Å². The molecule has 2 aromatic rings. The van der Waals surface area contributed by atoms with Crippen molar-refractivity contribution in [2.45, 2.75) is 18.2 Å². The maximum absolute atomic E-state index is 12.2. The minimum Gasteiger partial charge on any atom is -0.481 e. The molecule has 0 spiro atoms. The molecule has 6 heteroatoms. The van der Waals surface area contributed by atoms with Gasteiger partial charge in [-0.25, -0.2) is 8.42 Å². The summed E-state index contributed by atoms with van der Waals surface area (Å²) in [5, 5.41) is 0. The molecule has 2 aromatic carbocycles. The number of para-hydroxylation sites is 1. The molecule has 0 bridgehead atoms. The number of hydrogen-bond acceptors (Lipinski definition) is 4. The van der Waals surface area contributed by atoms with Crippen molar-refractivity contribution in [3.8, 4) is 17.6 Å². The summed E-state index contributed by atoms with van der Waals surface area (Å²) in [5.41, 5.74) is 1.36. The molecule has 140 valence electrons. The van der Waals surface area contributed by atoms with Crippen LogP contribution in [-0.2, 0) is 16.4 Å². The van der Waals surface area contributed by atoms with Crippen LogP contribution in [0.3, 0.4) is 0 Å². The van der Waals surface area contributed by atoms with Crippen LogP contribution in [0.15, 0.2) is 66.1 Å². The molecule has 0 aromatic heterocycles. The Morgan fingerprint density at radius 1 is 1.19 bits per heavy atom. The molecule has 0 unspecified atom stereocenters. The quantitative estimate of drug-likeness (QED) is 0.432. The number of nitrogens with one attached hydrogen (secondary N) is 1. The summed E-state index contributed by atoms with van der Waals surface area (Å²) < 4.78 is 32.5. The molecule has 0 saturated carbocycles. The zero-order chi connectivity index (χ0) is 19.7. The van der Waals surface area contributed by atoms with E-state index in [-0.39, 0.29) is 23.8 Å². The third-order valence-corrected chi connectivity index (χ3v) is 5.06. The first-order valence-corrected chi connectivity index (χ1v) is 9.80. The number of carbonyl (C=O) groups is 1. The second-order valence-corrected chi connectivity index (χ2v) is 7.42. The molecular formula is C21H21NO4S. The lowest BCUT2D eigenvalue weighted by molar-refractivity contribution is 0.101. The predicted molar refractivity (Wildman–Crippen MR) is 105 cm³/mol. The van der Waals surface area contributed by atoms with Crippen molar-refractivity contribution in [1.82, 2.24) is 4.72 Å². The molecule has 0 radical (unpaired) electrons. The zero-order valence-corrected chi connectivity index (χ0v) is 15.9. The number of benzene rings is 2. The minimum atomic E-state index is -3.73. The number of rotatable bonds is 8. The van der Waals surface area contributed by atoms with E-state index in [0.717, 1.165) is 11.3 Å². The second kappa shape index (κ2) is 9.72. The van der Waals surface area contributed by atoms with Gasteiger partial charge < -0.3 is 4.74 Å². The van der Waals surface area contributed by atoms with Crippen molar-refractivity contribution in [3.63, 3.8) is 0 Å². The van der Waals surface area contributed by atoms with E-state index in [9.17, 15) is 13.2 Å². The molecule has 0 aliphatic heterocycles. The zero-order valence-electron chi connectivity index (χ0n) is 15.1. The second-order valence-electron chi connectivity index (χ2n) is 5.65. The van der Waals surface area contributed by atoms with Crippen LogP contribution in [0.4, 0.5) is 0 Å². The highest BCUT2D eigenvalue weighted by atomic mass is 32.2. The Hall–Kier alpha value is -2.88. The van der Waals surface area contributed by atoms with Crippen molar-refractivity contribution < 1.29 is 17.9 Å². The highest BCUT2D eigenvalue weighted by Gasteiger charge is 2.14. The lowest BCUT2D eigenvalue weighted by atomic mass is 10.1. The summed E-state index contributed by atoms with van der Waals surface area (Å²) in [6, 6.07) is 13.5. The van der Waals surface area contributed by atoms with E-state index in [1.807, 2.05) is 24.3 Å². The smallest absolute Gasteiger partial charge is 0.241 e. The number of carbonyl (C=O) groups excluding carboxylic acids is 1. The number of hydrogen-bond donors (Lipinski definition) is 1. The van der Waals surface area contributed by atoms with Crippen molar-refractivity contribution in [2.75, 3.05) is 13.2 Å². The molecule has 0 fully saturated rings. The maximum atomic E-state index is 12.2. The molecule has 0 aliphatic rings. The third kappa shape index (κ3) is 6.10. The number of ketones is 1. The Kier molecular flexibility index (Phi) is 7.35. The van der Waals surface area contributed by atoms with Crippen LogP contribution in [0.2, 0.25) is 0 Å². The highest BCUT2D eigenvalue weighted by Crippen LogP contribution is 2.18. The Morgan fingerprint density at radius 2 is 1.96 bits per heavy atom. The van der Waals surface area contributed by atoms with Crippen molar-refractivity contribution in [1.29, 1.82) is 0 Å². The van der Waals surface area contributed by atoms with Crippen LogP contribution in [0.1, 0.15) is 22.8 Å². The summed E-state index contributed by atoms with van der Waals surface area (Å²) in [6.45, 7) is 5.20. The number of Topliss-reactive ketones (excluding diaryl/α,β-unsaturated/α-hetero) is 1. The van der Waals surface area contributed by atoms with Crippen LogP contribution < -0.4 is 9.46 Å². The molecule has 0 heterocycles. The Balaban J connectivity index is 1.91. The van der Waals surface area contributed by atoms with E-state index in [1.165, 1.54) is 25.1 Å². The summed E-state index contributed by atoms with van der Waals surface area (Å²) in [4.78, 5) is 11.4. The standard InChI is InChI=1S/C21H21NO4S/c1-3-9-18-10-4-5-13-21(18)26-15-7-6-14-22-27(24,25)20-12-8-11-19(16-20)17(2)23/h3-5,8,10-13,16,22H,1,9,14-15H2,2H3. The lowest BCUT2D eigenvalue weighted by Crippen LogP contribution is -2.24. The average molecular weight is 383 g/mol. The van der Waals surface area contributed by atoms with Crippen LogP contribution in [0.25, 0.3) is 0 Å². The molecule has 27 heavy (non-hydrogen) atoms. The number of sulfonamides is 1. The van der Waals surface area contributed by atoms with Crippen LogP contribution in [-0.4, -0.2) is 27.4 Å². The lowest BCUT2D eigenvalue weighted by Gasteiger charge is -2.07. The van der Waals surface area contributed by atoms with Gasteiger partial charge in [-0.15, -0.1) is 6.58 Å². The first kappa shape index (κ1) is 20.4. The van der Waals surface area contributed by atoms with Gasteiger partial charge in [0.2, 0.25) is 10.0 Å². The predicted octanol–water partition coefficient (Wildman–Crippen LogP) is 2.98. The van der Waals surface area contributed by atoms with Gasteiger partial charge in [0.1, 0.15) is 12.4 Å². The van der Waals surface area contributed by atoms with Crippen molar-refractivity contribution in [2.24, 2.45) is 0 Å². The number of allylic oxidation sites excluding steroid dienone is 1. The van der Waals surface area contributed by atoms with Crippen LogP contribution >= 0.6 is 0 Å². The normalized spacial score (nSPS) is 10.6. The first-order chi connectivity index (χ1) is 12.9. The summed E-state index contributed by atoms with van der Waals surface area (Å²) in [6.07, 6.45) is 2.49. The number of ether oxygens (including phenoxy) is 1. The largest absolute Gasteiger partial charge is 0.481 e. The molecule has 0 saturated heterocycles. The van der Waals surface area contributed by atoms with Crippen LogP contribution in [0, 0.1) is 11.8 Å². The monoisotopic (exact) mass is 383 g/mol. The van der Waals surface area contributed by atoms with E-state index in [0.29, 0.717) is 12.0 Å². The van der Waals surface area contributed by atoms with E-state index in [2.05, 4.69) is 23.1 Å². The first-order valence-electron chi connectivity index (χ1n) is 8.32. The summed E-state index contributed by atoms with van der Waals surface area (Å²) >= 11 is 0. The molecule has 1 N–H and O–H groups in total. The summed E-state index contributed by atoms with van der Waals surface area (Å²) in [7, 11) is -3.73. The molecule has 0 aliphatic carbocycles. The van der Waals surface area contributed by atoms with E-state index in [4.69, 9.17) is 4.74 Å². The topological polar surface area (TPSA) is 72.5 Å². The minimum absolute atomic E-state index is 0.0339. The van der Waals surface area contributed by atoms with E-state index < -0.39 is 10.0 Å². The van der Waals surface area contributed by atoms with Crippen LogP contribution in [0.5, 0.6) is 5.75 Å². The fraction of sp³-hybridized carbons (Fsp3) is 0.190. The Labute approximate surface area is 160 Å². The van der Waals surface area contributed by atoms with Gasteiger partial charge in [0, 0.05) is 5.56 Å². The Bertz CT molecular complexity index is 984. The van der Waals surface area contributed by atoms with Crippen molar-refractivity contribution in [3.05, 3.63) is 72.3 Å². The Morgan fingerprint density at radius 3 is 2.70 bits per heavy atom. The maximum Gasteiger partial charge on any atom is 0.241 e. The van der Waals surface area contributed by atoms with Gasteiger partial charge in [-0.2, -0.15) is 4.72 Å². The average Bonchev–Trinajstić information content (AvgIpc) is 2.66. The van der Waals surface area contributed by atoms with Gasteiger partial charge in [-0.1, -0.05) is 48.2 Å². The summed E-state index contributed by atoms with van der Waals surface area (Å²) in [5.74, 6) is 6.03. The molecule has 5 nitrogen and oxygen atoms in total. The van der Waals surface area contributed by atoms with Gasteiger partial charge in [-0.05, 0) is 37.1 Å². The third-order valence-electron chi connectivity index (χ3n) is 3.66. The molecular weight excluding hydrogens is 362 g/mol. The molecule has 0 atom stereocenters. The highest BCUT2D eigenvalue weighted by molar-refractivity contribution is 7.89. The van der Waals surface area contributed by atoms with Gasteiger partial charge in [0.25, 0.3) is 0 Å². The fourth-order valence-corrected chi connectivity index (χ4v) is 3.26. The SMILES string of the molecule is C=CCc1ccccc1OCC#CCNS(=O)(=O)c1cccc(C(C)=O)c1. The van der Waals surface area contributed by atoms with Gasteiger partial charge in [0.05, 0.1) is 11.4 Å². The van der Waals surface area contributed by atoms with Gasteiger partial charge >= 0.3 is 0 Å². The molecule has 2 rings (SSSR count). The van der Waals surface area contributed by atoms with Gasteiger partial charge in [0.15, 0.2) is 5.78 Å². The van der Waals surface area contributed by atoms with Gasteiger partial charge in [-0.3, -0.25) is 4.79 Å². The fourth-order valence-electron chi connectivity index (χ4n) is 2.29. The molecule has 0 amide bonds.